The molecule has 0 aromatic heterocycles. The Bertz CT molecular complexity index is 917. The number of hydrogen-bond donors (Lipinski definition) is 2. The van der Waals surface area contributed by atoms with Crippen LogP contribution in [0.1, 0.15) is 20.8 Å². The van der Waals surface area contributed by atoms with Gasteiger partial charge in [-0.1, -0.05) is 0 Å². The van der Waals surface area contributed by atoms with Crippen LogP contribution in [-0.4, -0.2) is 25.6 Å². The lowest BCUT2D eigenvalue weighted by Gasteiger charge is -2.13. The minimum absolute atomic E-state index is 0.0880. The molecule has 0 radical (unpaired) electrons. The lowest BCUT2D eigenvalue weighted by Crippen LogP contribution is -2.30. The molecule has 0 aliphatic heterocycles. The van der Waals surface area contributed by atoms with Crippen molar-refractivity contribution in [3.8, 4) is 0 Å². The Kier molecular flexibility index (Phi) is 6.96. The van der Waals surface area contributed by atoms with Crippen LogP contribution in [-0.2, 0) is 14.8 Å². The maximum absolute atomic E-state index is 13.7. The van der Waals surface area contributed by atoms with Gasteiger partial charge in [-0.05, 0) is 57.2 Å². The summed E-state index contributed by atoms with van der Waals surface area (Å²) >= 11 is 0.961. The highest BCUT2D eigenvalue weighted by Gasteiger charge is 2.18. The molecule has 0 heterocycles. The fraction of sp³-hybridized carbons (Fsp3) is 0.278. The van der Waals surface area contributed by atoms with E-state index in [1.54, 1.807) is 20.8 Å². The molecule has 0 bridgehead atoms. The molecular formula is C18H20F2N2O3S2. The molecule has 1 amide bonds. The van der Waals surface area contributed by atoms with Gasteiger partial charge in [0.05, 0.1) is 10.1 Å². The van der Waals surface area contributed by atoms with Crippen molar-refractivity contribution < 1.29 is 22.0 Å². The van der Waals surface area contributed by atoms with Crippen LogP contribution in [0.2, 0.25) is 0 Å². The molecule has 2 aromatic carbocycles. The van der Waals surface area contributed by atoms with Gasteiger partial charge in [0.15, 0.2) is 0 Å². The zero-order valence-corrected chi connectivity index (χ0v) is 16.6. The van der Waals surface area contributed by atoms with E-state index in [0.717, 1.165) is 23.9 Å². The number of sulfonamides is 1. The number of halogens is 2. The van der Waals surface area contributed by atoms with E-state index in [4.69, 9.17) is 0 Å². The average Bonchev–Trinajstić information content (AvgIpc) is 2.56. The summed E-state index contributed by atoms with van der Waals surface area (Å²) in [5, 5.41) is 2.00. The molecule has 0 saturated heterocycles. The maximum atomic E-state index is 13.7. The summed E-state index contributed by atoms with van der Waals surface area (Å²) in [7, 11) is -3.61. The lowest BCUT2D eigenvalue weighted by molar-refractivity contribution is -0.115. The molecule has 2 N–H and O–H groups in total. The topological polar surface area (TPSA) is 75.3 Å². The van der Waals surface area contributed by atoms with Gasteiger partial charge in [0.2, 0.25) is 15.9 Å². The molecule has 146 valence electrons. The molecule has 0 aliphatic carbocycles. The second kappa shape index (κ2) is 8.81. The smallest absolute Gasteiger partial charge is 0.240 e. The van der Waals surface area contributed by atoms with Gasteiger partial charge in [0.1, 0.15) is 11.6 Å². The third kappa shape index (κ3) is 6.02. The Morgan fingerprint density at radius 1 is 1.04 bits per heavy atom. The van der Waals surface area contributed by atoms with Crippen LogP contribution in [0, 0.1) is 11.6 Å². The van der Waals surface area contributed by atoms with E-state index in [1.807, 2.05) is 0 Å². The predicted molar refractivity (Wildman–Crippen MR) is 102 cm³/mol. The van der Waals surface area contributed by atoms with Gasteiger partial charge in [0, 0.05) is 22.7 Å². The van der Waals surface area contributed by atoms with Gasteiger partial charge in [-0.2, -0.15) is 0 Å². The first kappa shape index (κ1) is 21.3. The fourth-order valence-electron chi connectivity index (χ4n) is 2.15. The summed E-state index contributed by atoms with van der Waals surface area (Å²) in [4.78, 5) is 12.5. The molecule has 9 heteroatoms. The predicted octanol–water partition coefficient (Wildman–Crippen LogP) is 3.77. The van der Waals surface area contributed by atoms with E-state index >= 15 is 0 Å². The van der Waals surface area contributed by atoms with Crippen molar-refractivity contribution in [2.24, 2.45) is 0 Å². The van der Waals surface area contributed by atoms with Crippen LogP contribution < -0.4 is 10.0 Å². The van der Waals surface area contributed by atoms with Gasteiger partial charge < -0.3 is 5.32 Å². The molecule has 2 rings (SSSR count). The zero-order valence-electron chi connectivity index (χ0n) is 15.0. The number of thioether (sulfide) groups is 1. The Hall–Kier alpha value is -1.97. The van der Waals surface area contributed by atoms with Gasteiger partial charge in [0.25, 0.3) is 0 Å². The number of carbonyl (C=O) groups is 1. The first-order valence-electron chi connectivity index (χ1n) is 8.13. The Morgan fingerprint density at radius 3 is 2.22 bits per heavy atom. The first-order chi connectivity index (χ1) is 12.6. The Balaban J connectivity index is 2.02. The molecule has 27 heavy (non-hydrogen) atoms. The highest BCUT2D eigenvalue weighted by atomic mass is 32.2. The molecule has 5 nitrogen and oxygen atoms in total. The number of hydrogen-bond acceptors (Lipinski definition) is 4. The number of amides is 1. The molecule has 0 saturated carbocycles. The summed E-state index contributed by atoms with van der Waals surface area (Å²) in [6.07, 6.45) is 0. The Morgan fingerprint density at radius 2 is 1.67 bits per heavy atom. The minimum atomic E-state index is -3.61. The monoisotopic (exact) mass is 414 g/mol. The molecular weight excluding hydrogens is 394 g/mol. The van der Waals surface area contributed by atoms with Crippen molar-refractivity contribution in [3.05, 3.63) is 54.1 Å². The SMILES string of the molecule is CC(C)NS(=O)(=O)c1ccc(NC(=O)C(C)Sc2ccc(F)cc2F)cc1. The van der Waals surface area contributed by atoms with Gasteiger partial charge in [-0.25, -0.2) is 21.9 Å². The third-order valence-corrected chi connectivity index (χ3v) is 6.22. The second-order valence-corrected chi connectivity index (χ2v) is 9.22. The van der Waals surface area contributed by atoms with Crippen LogP contribution in [0.5, 0.6) is 0 Å². The van der Waals surface area contributed by atoms with Crippen molar-refractivity contribution in [2.75, 3.05) is 5.32 Å². The average molecular weight is 414 g/mol. The van der Waals surface area contributed by atoms with Crippen molar-refractivity contribution in [3.63, 3.8) is 0 Å². The largest absolute Gasteiger partial charge is 0.325 e. The van der Waals surface area contributed by atoms with Crippen LogP contribution in [0.4, 0.5) is 14.5 Å². The van der Waals surface area contributed by atoms with E-state index in [9.17, 15) is 22.0 Å². The Labute approximate surface area is 161 Å². The van der Waals surface area contributed by atoms with Crippen molar-refractivity contribution in [2.45, 2.75) is 41.9 Å². The van der Waals surface area contributed by atoms with Crippen molar-refractivity contribution in [1.29, 1.82) is 0 Å². The van der Waals surface area contributed by atoms with E-state index in [-0.39, 0.29) is 21.7 Å². The number of rotatable bonds is 7. The quantitative estimate of drug-likeness (QED) is 0.677. The molecule has 0 spiro atoms. The fourth-order valence-corrected chi connectivity index (χ4v) is 4.27. The van der Waals surface area contributed by atoms with Gasteiger partial charge >= 0.3 is 0 Å². The van der Waals surface area contributed by atoms with E-state index in [1.165, 1.54) is 30.3 Å². The molecule has 0 fully saturated rings. The van der Waals surface area contributed by atoms with Crippen molar-refractivity contribution >= 4 is 33.4 Å². The second-order valence-electron chi connectivity index (χ2n) is 6.12. The van der Waals surface area contributed by atoms with Crippen LogP contribution in [0.3, 0.4) is 0 Å². The standard InChI is InChI=1S/C18H20F2N2O3S2/c1-11(2)22-27(24,25)15-7-5-14(6-8-15)21-18(23)12(3)26-17-9-4-13(19)10-16(17)20/h4-12,22H,1-3H3,(H,21,23). The summed E-state index contributed by atoms with van der Waals surface area (Å²) in [6, 6.07) is 8.65. The van der Waals surface area contributed by atoms with E-state index < -0.39 is 26.9 Å². The normalized spacial score (nSPS) is 12.8. The zero-order chi connectivity index (χ0) is 20.2. The number of carbonyl (C=O) groups excluding carboxylic acids is 1. The number of anilines is 1. The van der Waals surface area contributed by atoms with E-state index in [2.05, 4.69) is 10.0 Å². The van der Waals surface area contributed by atoms with Crippen LogP contribution in [0.15, 0.2) is 52.3 Å². The molecule has 1 unspecified atom stereocenters. The van der Waals surface area contributed by atoms with Gasteiger partial charge in [-0.3, -0.25) is 4.79 Å². The lowest BCUT2D eigenvalue weighted by atomic mass is 10.3. The summed E-state index contributed by atoms with van der Waals surface area (Å²) < 4.78 is 53.3. The molecule has 1 atom stereocenters. The first-order valence-corrected chi connectivity index (χ1v) is 10.5. The van der Waals surface area contributed by atoms with Crippen LogP contribution in [0.25, 0.3) is 0 Å². The number of nitrogens with one attached hydrogen (secondary N) is 2. The summed E-state index contributed by atoms with van der Waals surface area (Å²) in [5.41, 5.74) is 0.413. The summed E-state index contributed by atoms with van der Waals surface area (Å²) in [6.45, 7) is 5.03. The minimum Gasteiger partial charge on any atom is -0.325 e. The molecule has 2 aromatic rings. The third-order valence-electron chi connectivity index (χ3n) is 3.39. The van der Waals surface area contributed by atoms with E-state index in [0.29, 0.717) is 5.69 Å². The van der Waals surface area contributed by atoms with Crippen LogP contribution >= 0.6 is 11.8 Å². The maximum Gasteiger partial charge on any atom is 0.240 e. The number of benzene rings is 2. The summed E-state index contributed by atoms with van der Waals surface area (Å²) in [5.74, 6) is -1.80. The highest BCUT2D eigenvalue weighted by molar-refractivity contribution is 8.00. The molecule has 0 aliphatic rings. The van der Waals surface area contributed by atoms with Gasteiger partial charge in [-0.15, -0.1) is 11.8 Å². The highest BCUT2D eigenvalue weighted by Crippen LogP contribution is 2.27. The van der Waals surface area contributed by atoms with Crippen molar-refractivity contribution in [1.82, 2.24) is 4.72 Å².